The van der Waals surface area contributed by atoms with Crippen LogP contribution in [0.25, 0.3) is 0 Å². The molecule has 0 unspecified atom stereocenters. The van der Waals surface area contributed by atoms with Crippen molar-refractivity contribution < 1.29 is 14.3 Å². The predicted molar refractivity (Wildman–Crippen MR) is 118 cm³/mol. The number of aryl methyl sites for hydroxylation is 1. The summed E-state index contributed by atoms with van der Waals surface area (Å²) in [5.74, 6) is 0.492. The molecule has 0 radical (unpaired) electrons. The van der Waals surface area contributed by atoms with Crippen LogP contribution in [-0.2, 0) is 4.79 Å². The summed E-state index contributed by atoms with van der Waals surface area (Å²) in [7, 11) is 0. The highest BCUT2D eigenvalue weighted by Crippen LogP contribution is 2.28. The molecule has 5 nitrogen and oxygen atoms in total. The Balaban J connectivity index is 2.15. The zero-order valence-corrected chi connectivity index (χ0v) is 18.2. The third-order valence-corrected chi connectivity index (χ3v) is 4.88. The van der Waals surface area contributed by atoms with Crippen molar-refractivity contribution in [3.8, 4) is 5.75 Å². The first-order valence-electron chi connectivity index (χ1n) is 10.2. The SMILES string of the molecule is CC[C@H](C)NC(=O)c1ccccc1NC(=O)[C@H](C)Oc1cc(C)ccc1C(C)C. The van der Waals surface area contributed by atoms with Crippen molar-refractivity contribution in [2.24, 2.45) is 0 Å². The molecule has 0 saturated carbocycles. The molecule has 29 heavy (non-hydrogen) atoms. The van der Waals surface area contributed by atoms with Crippen molar-refractivity contribution in [3.05, 3.63) is 59.2 Å². The number of hydrogen-bond acceptors (Lipinski definition) is 3. The maximum Gasteiger partial charge on any atom is 0.265 e. The van der Waals surface area contributed by atoms with E-state index in [9.17, 15) is 9.59 Å². The van der Waals surface area contributed by atoms with Crippen LogP contribution < -0.4 is 15.4 Å². The van der Waals surface area contributed by atoms with Crippen LogP contribution in [0.2, 0.25) is 0 Å². The van der Waals surface area contributed by atoms with E-state index in [1.165, 1.54) is 0 Å². The Morgan fingerprint density at radius 3 is 2.38 bits per heavy atom. The Hall–Kier alpha value is -2.82. The summed E-state index contributed by atoms with van der Waals surface area (Å²) in [5, 5.41) is 5.77. The van der Waals surface area contributed by atoms with Gasteiger partial charge in [-0.15, -0.1) is 0 Å². The molecule has 2 N–H and O–H groups in total. The highest BCUT2D eigenvalue weighted by Gasteiger charge is 2.20. The van der Waals surface area contributed by atoms with Crippen molar-refractivity contribution >= 4 is 17.5 Å². The molecule has 0 fully saturated rings. The molecular weight excluding hydrogens is 364 g/mol. The van der Waals surface area contributed by atoms with Gasteiger partial charge in [-0.25, -0.2) is 0 Å². The highest BCUT2D eigenvalue weighted by molar-refractivity contribution is 6.04. The van der Waals surface area contributed by atoms with E-state index in [1.54, 1.807) is 31.2 Å². The number of anilines is 1. The molecule has 0 aliphatic carbocycles. The summed E-state index contributed by atoms with van der Waals surface area (Å²) in [6.45, 7) is 11.8. The number of carbonyl (C=O) groups excluding carboxylic acids is 2. The Bertz CT molecular complexity index is 861. The van der Waals surface area contributed by atoms with Gasteiger partial charge in [-0.2, -0.15) is 0 Å². The summed E-state index contributed by atoms with van der Waals surface area (Å²) in [6, 6.07) is 13.1. The number of para-hydroxylation sites is 1. The molecule has 2 rings (SSSR count). The molecule has 2 aromatic rings. The molecule has 0 bridgehead atoms. The minimum absolute atomic E-state index is 0.0595. The average molecular weight is 397 g/mol. The number of rotatable bonds is 8. The van der Waals surface area contributed by atoms with Gasteiger partial charge >= 0.3 is 0 Å². The van der Waals surface area contributed by atoms with Gasteiger partial charge in [0.1, 0.15) is 5.75 Å². The third-order valence-electron chi connectivity index (χ3n) is 4.88. The van der Waals surface area contributed by atoms with Crippen molar-refractivity contribution in [3.63, 3.8) is 0 Å². The van der Waals surface area contributed by atoms with Gasteiger partial charge in [0, 0.05) is 6.04 Å². The third kappa shape index (κ3) is 6.08. The Labute approximate surface area is 173 Å². The van der Waals surface area contributed by atoms with E-state index < -0.39 is 6.10 Å². The second-order valence-corrected chi connectivity index (χ2v) is 7.77. The van der Waals surface area contributed by atoms with Crippen molar-refractivity contribution in [1.29, 1.82) is 0 Å². The number of hydrogen-bond donors (Lipinski definition) is 2. The first-order valence-corrected chi connectivity index (χ1v) is 10.2. The molecule has 156 valence electrons. The van der Waals surface area contributed by atoms with Crippen LogP contribution in [0.1, 0.15) is 68.4 Å². The second-order valence-electron chi connectivity index (χ2n) is 7.77. The summed E-state index contributed by atoms with van der Waals surface area (Å²) >= 11 is 0. The first kappa shape index (κ1) is 22.5. The number of nitrogens with one attached hydrogen (secondary N) is 2. The molecule has 0 heterocycles. The Morgan fingerprint density at radius 2 is 1.72 bits per heavy atom. The molecule has 2 amide bonds. The standard InChI is InChI=1S/C24H32N2O3/c1-7-17(5)25-24(28)20-10-8-9-11-21(20)26-23(27)18(6)29-22-14-16(4)12-13-19(22)15(2)3/h8-15,17-18H,7H2,1-6H3,(H,25,28)(H,26,27)/t17-,18-/m0/s1. The maximum absolute atomic E-state index is 12.8. The Kier molecular flexibility index (Phi) is 7.82. The lowest BCUT2D eigenvalue weighted by atomic mass is 10.0. The number of amides is 2. The van der Waals surface area contributed by atoms with Crippen LogP contribution in [0.15, 0.2) is 42.5 Å². The van der Waals surface area contributed by atoms with Crippen LogP contribution in [0.3, 0.4) is 0 Å². The molecule has 0 aliphatic rings. The molecule has 0 spiro atoms. The topological polar surface area (TPSA) is 67.4 Å². The Morgan fingerprint density at radius 1 is 1.03 bits per heavy atom. The van der Waals surface area contributed by atoms with Crippen molar-refractivity contribution in [2.45, 2.75) is 66.0 Å². The highest BCUT2D eigenvalue weighted by atomic mass is 16.5. The molecular formula is C24H32N2O3. The van der Waals surface area contributed by atoms with E-state index in [4.69, 9.17) is 4.74 Å². The van der Waals surface area contributed by atoms with E-state index in [-0.39, 0.29) is 23.8 Å². The molecule has 0 aromatic heterocycles. The van der Waals surface area contributed by atoms with Crippen LogP contribution in [0.4, 0.5) is 5.69 Å². The van der Waals surface area contributed by atoms with Crippen LogP contribution in [0, 0.1) is 6.92 Å². The fourth-order valence-electron chi connectivity index (χ4n) is 2.89. The molecule has 2 aromatic carbocycles. The van der Waals surface area contributed by atoms with Gasteiger partial charge in [-0.1, -0.05) is 45.0 Å². The van der Waals surface area contributed by atoms with E-state index in [1.807, 2.05) is 39.0 Å². The first-order chi connectivity index (χ1) is 13.7. The molecule has 2 atom stereocenters. The van der Waals surface area contributed by atoms with Gasteiger partial charge in [0.25, 0.3) is 11.8 Å². The minimum atomic E-state index is -0.708. The molecule has 0 aliphatic heterocycles. The van der Waals surface area contributed by atoms with Crippen molar-refractivity contribution in [2.75, 3.05) is 5.32 Å². The largest absolute Gasteiger partial charge is 0.481 e. The fourth-order valence-corrected chi connectivity index (χ4v) is 2.89. The summed E-state index contributed by atoms with van der Waals surface area (Å²) in [4.78, 5) is 25.3. The molecule has 5 heteroatoms. The van der Waals surface area contributed by atoms with Gasteiger partial charge < -0.3 is 15.4 Å². The summed E-state index contributed by atoms with van der Waals surface area (Å²) in [6.07, 6.45) is 0.125. The van der Waals surface area contributed by atoms with Gasteiger partial charge in [-0.3, -0.25) is 9.59 Å². The van der Waals surface area contributed by atoms with E-state index in [0.717, 1.165) is 17.5 Å². The van der Waals surface area contributed by atoms with Crippen LogP contribution in [0.5, 0.6) is 5.75 Å². The summed E-state index contributed by atoms with van der Waals surface area (Å²) in [5.41, 5.74) is 3.04. The van der Waals surface area contributed by atoms with E-state index in [2.05, 4.69) is 24.5 Å². The smallest absolute Gasteiger partial charge is 0.265 e. The lowest BCUT2D eigenvalue weighted by Gasteiger charge is -2.20. The fraction of sp³-hybridized carbons (Fsp3) is 0.417. The second kappa shape index (κ2) is 10.1. The van der Waals surface area contributed by atoms with Crippen LogP contribution >= 0.6 is 0 Å². The maximum atomic E-state index is 12.8. The van der Waals surface area contributed by atoms with Gasteiger partial charge in [0.2, 0.25) is 0 Å². The number of benzene rings is 2. The van der Waals surface area contributed by atoms with Crippen LogP contribution in [-0.4, -0.2) is 24.0 Å². The minimum Gasteiger partial charge on any atom is -0.481 e. The average Bonchev–Trinajstić information content (AvgIpc) is 2.67. The summed E-state index contributed by atoms with van der Waals surface area (Å²) < 4.78 is 5.99. The van der Waals surface area contributed by atoms with Gasteiger partial charge in [0.15, 0.2) is 6.10 Å². The number of ether oxygens (including phenoxy) is 1. The lowest BCUT2D eigenvalue weighted by molar-refractivity contribution is -0.122. The zero-order valence-electron chi connectivity index (χ0n) is 18.2. The predicted octanol–water partition coefficient (Wildman–Crippen LogP) is 5.05. The molecule has 0 saturated heterocycles. The van der Waals surface area contributed by atoms with Gasteiger partial charge in [-0.05, 0) is 62.4 Å². The normalized spacial score (nSPS) is 12.9. The van der Waals surface area contributed by atoms with Crippen molar-refractivity contribution in [1.82, 2.24) is 5.32 Å². The zero-order chi connectivity index (χ0) is 21.6. The van der Waals surface area contributed by atoms with E-state index in [0.29, 0.717) is 17.0 Å². The monoisotopic (exact) mass is 396 g/mol. The quantitative estimate of drug-likeness (QED) is 0.656. The van der Waals surface area contributed by atoms with Gasteiger partial charge in [0.05, 0.1) is 11.3 Å². The number of carbonyl (C=O) groups is 2. The lowest BCUT2D eigenvalue weighted by Crippen LogP contribution is -2.34. The van der Waals surface area contributed by atoms with E-state index >= 15 is 0 Å².